The maximum atomic E-state index is 15.2. The molecular formula is C57H47FO8. The van der Waals surface area contributed by atoms with Gasteiger partial charge < -0.3 is 33.2 Å². The van der Waals surface area contributed by atoms with E-state index in [0.717, 1.165) is 27.8 Å². The van der Waals surface area contributed by atoms with Gasteiger partial charge in [0.2, 0.25) is 5.75 Å². The first-order valence-electron chi connectivity index (χ1n) is 21.8. The number of halogens is 1. The van der Waals surface area contributed by atoms with Crippen LogP contribution in [-0.4, -0.2) is 12.1 Å². The van der Waals surface area contributed by atoms with Crippen molar-refractivity contribution in [3.63, 3.8) is 0 Å². The van der Waals surface area contributed by atoms with Crippen LogP contribution in [0.3, 0.4) is 0 Å². The van der Waals surface area contributed by atoms with E-state index in [0.29, 0.717) is 52.2 Å². The minimum Gasteiger partial charge on any atom is -0.489 e. The Morgan fingerprint density at radius 2 is 0.909 bits per heavy atom. The number of esters is 1. The van der Waals surface area contributed by atoms with Gasteiger partial charge in [-0.3, -0.25) is 0 Å². The van der Waals surface area contributed by atoms with Crippen LogP contribution in [0.1, 0.15) is 55.4 Å². The summed E-state index contributed by atoms with van der Waals surface area (Å²) in [6.07, 6.45) is -1.80. The molecule has 0 spiro atoms. The number of ether oxygens (including phenoxy) is 7. The van der Waals surface area contributed by atoms with Gasteiger partial charge in [0, 0.05) is 29.7 Å². The van der Waals surface area contributed by atoms with E-state index in [2.05, 4.69) is 0 Å². The number of fused-ring (bicyclic) bond motifs is 1. The molecule has 0 bridgehead atoms. The number of rotatable bonds is 18. The molecule has 9 heteroatoms. The topological polar surface area (TPSA) is 81.7 Å². The van der Waals surface area contributed by atoms with Gasteiger partial charge in [-0.05, 0) is 52.1 Å². The van der Waals surface area contributed by atoms with Crippen molar-refractivity contribution in [2.75, 3.05) is 0 Å². The third kappa shape index (κ3) is 11.0. The zero-order valence-corrected chi connectivity index (χ0v) is 36.1. The molecule has 0 aromatic heterocycles. The molecule has 8 aromatic rings. The summed E-state index contributed by atoms with van der Waals surface area (Å²) in [5, 5.41) is 0. The monoisotopic (exact) mass is 878 g/mol. The average Bonchev–Trinajstić information content (AvgIpc) is 3.37. The van der Waals surface area contributed by atoms with Crippen LogP contribution in [0.4, 0.5) is 4.39 Å². The average molecular weight is 879 g/mol. The Morgan fingerprint density at radius 1 is 0.485 bits per heavy atom. The second-order valence-corrected chi connectivity index (χ2v) is 15.8. The predicted octanol–water partition coefficient (Wildman–Crippen LogP) is 12.6. The first kappa shape index (κ1) is 43.2. The fraction of sp³-hybridized carbons (Fsp3) is 0.140. The van der Waals surface area contributed by atoms with Gasteiger partial charge in [-0.15, -0.1) is 0 Å². The zero-order valence-electron chi connectivity index (χ0n) is 36.1. The minimum atomic E-state index is -0.986. The lowest BCUT2D eigenvalue weighted by Gasteiger charge is -2.35. The SMILES string of the molecule is O=C(O[C@@H]1Cc2c(OCc3ccccc3)cc(OCc3ccccc3)cc2O[C@@H]1c1cc(OCc2ccccc2)c(OCc2ccccc2)c(OCc2ccccc2)c1)c1ccccc1F. The highest BCUT2D eigenvalue weighted by Crippen LogP contribution is 2.48. The molecule has 9 rings (SSSR count). The van der Waals surface area contributed by atoms with Gasteiger partial charge in [-0.1, -0.05) is 164 Å². The fourth-order valence-electron chi connectivity index (χ4n) is 7.64. The van der Waals surface area contributed by atoms with E-state index in [9.17, 15) is 4.79 Å². The molecule has 0 radical (unpaired) electrons. The highest BCUT2D eigenvalue weighted by Gasteiger charge is 2.38. The molecule has 1 aliphatic heterocycles. The largest absolute Gasteiger partial charge is 0.489 e. The van der Waals surface area contributed by atoms with Crippen LogP contribution in [0.25, 0.3) is 0 Å². The second kappa shape index (κ2) is 21.1. The van der Waals surface area contributed by atoms with Crippen molar-refractivity contribution in [1.82, 2.24) is 0 Å². The molecule has 0 amide bonds. The van der Waals surface area contributed by atoms with Crippen molar-refractivity contribution >= 4 is 5.97 Å². The molecule has 8 nitrogen and oxygen atoms in total. The molecule has 330 valence electrons. The highest BCUT2D eigenvalue weighted by atomic mass is 19.1. The zero-order chi connectivity index (χ0) is 44.9. The Balaban J connectivity index is 1.15. The van der Waals surface area contributed by atoms with E-state index < -0.39 is 24.0 Å². The molecule has 0 saturated heterocycles. The predicted molar refractivity (Wildman–Crippen MR) is 249 cm³/mol. The smallest absolute Gasteiger partial charge is 0.341 e. The molecular weight excluding hydrogens is 832 g/mol. The van der Waals surface area contributed by atoms with Crippen LogP contribution in [0, 0.1) is 5.82 Å². The number of hydrogen-bond donors (Lipinski definition) is 0. The number of carbonyl (C=O) groups is 1. The molecule has 2 atom stereocenters. The standard InChI is InChI=1S/C57H47FO8/c58-49-29-17-16-28-47(49)57(59)66-54-34-48-50(61-36-41-20-8-2-9-21-41)32-46(60-35-40-18-6-1-7-19-40)33-51(48)65-55(54)45-30-52(62-37-42-22-10-3-11-23-42)56(64-39-44-26-14-5-15-27-44)53(31-45)63-38-43-24-12-4-13-25-43/h1-33,54-55H,34-39H2/t54-,55-/m1/s1. The molecule has 66 heavy (non-hydrogen) atoms. The lowest BCUT2D eigenvalue weighted by molar-refractivity contribution is -0.0194. The maximum Gasteiger partial charge on any atom is 0.341 e. The van der Waals surface area contributed by atoms with Crippen molar-refractivity contribution in [3.05, 3.63) is 251 Å². The quantitative estimate of drug-likeness (QED) is 0.0789. The van der Waals surface area contributed by atoms with Gasteiger partial charge in [0.05, 0.1) is 5.56 Å². The van der Waals surface area contributed by atoms with E-state index in [1.807, 2.05) is 176 Å². The van der Waals surface area contributed by atoms with Gasteiger partial charge in [0.25, 0.3) is 0 Å². The van der Waals surface area contributed by atoms with Crippen LogP contribution >= 0.6 is 0 Å². The molecule has 8 aromatic carbocycles. The summed E-state index contributed by atoms with van der Waals surface area (Å²) in [6.45, 7) is 1.23. The van der Waals surface area contributed by atoms with E-state index in [4.69, 9.17) is 33.2 Å². The van der Waals surface area contributed by atoms with Crippen LogP contribution in [0.5, 0.6) is 34.5 Å². The third-order valence-corrected chi connectivity index (χ3v) is 11.0. The van der Waals surface area contributed by atoms with Crippen molar-refractivity contribution in [1.29, 1.82) is 0 Å². The summed E-state index contributed by atoms with van der Waals surface area (Å²) in [7, 11) is 0. The van der Waals surface area contributed by atoms with Gasteiger partial charge in [-0.2, -0.15) is 0 Å². The van der Waals surface area contributed by atoms with Crippen LogP contribution < -0.4 is 28.4 Å². The van der Waals surface area contributed by atoms with E-state index in [-0.39, 0.29) is 38.4 Å². The molecule has 1 heterocycles. The highest BCUT2D eigenvalue weighted by molar-refractivity contribution is 5.89. The Morgan fingerprint density at radius 3 is 1.39 bits per heavy atom. The Kier molecular flexibility index (Phi) is 13.8. The van der Waals surface area contributed by atoms with Gasteiger partial charge in [0.1, 0.15) is 62.2 Å². The molecule has 1 aliphatic rings. The van der Waals surface area contributed by atoms with Crippen LogP contribution in [-0.2, 0) is 44.2 Å². The van der Waals surface area contributed by atoms with Gasteiger partial charge in [-0.25, -0.2) is 9.18 Å². The number of benzene rings is 8. The number of hydrogen-bond acceptors (Lipinski definition) is 8. The molecule has 0 saturated carbocycles. The maximum absolute atomic E-state index is 15.2. The fourth-order valence-corrected chi connectivity index (χ4v) is 7.64. The first-order valence-corrected chi connectivity index (χ1v) is 21.8. The second-order valence-electron chi connectivity index (χ2n) is 15.8. The Labute approximate surface area is 383 Å². The van der Waals surface area contributed by atoms with E-state index in [1.54, 1.807) is 6.07 Å². The third-order valence-electron chi connectivity index (χ3n) is 11.0. The minimum absolute atomic E-state index is 0.149. The van der Waals surface area contributed by atoms with Gasteiger partial charge in [0.15, 0.2) is 17.6 Å². The van der Waals surface area contributed by atoms with Gasteiger partial charge >= 0.3 is 5.97 Å². The van der Waals surface area contributed by atoms with Crippen LogP contribution in [0.15, 0.2) is 200 Å². The molecule has 0 N–H and O–H groups in total. The van der Waals surface area contributed by atoms with Crippen molar-refractivity contribution < 1.29 is 42.3 Å². The molecule has 0 unspecified atom stereocenters. The summed E-state index contributed by atoms with van der Waals surface area (Å²) in [6, 6.07) is 62.2. The van der Waals surface area contributed by atoms with Crippen molar-refractivity contribution in [2.45, 2.75) is 51.7 Å². The van der Waals surface area contributed by atoms with Crippen molar-refractivity contribution in [3.8, 4) is 34.5 Å². The summed E-state index contributed by atoms with van der Waals surface area (Å²) >= 11 is 0. The van der Waals surface area contributed by atoms with Crippen molar-refractivity contribution in [2.24, 2.45) is 0 Å². The summed E-state index contributed by atoms with van der Waals surface area (Å²) < 4.78 is 61.3. The lowest BCUT2D eigenvalue weighted by Crippen LogP contribution is -2.35. The molecule has 0 aliphatic carbocycles. The Hall–Kier alpha value is -8.04. The Bertz CT molecular complexity index is 2760. The van der Waals surface area contributed by atoms with E-state index >= 15 is 4.39 Å². The first-order chi connectivity index (χ1) is 32.5. The summed E-state index contributed by atoms with van der Waals surface area (Å²) in [5.74, 6) is 1.10. The normalized spacial score (nSPS) is 14.0. The molecule has 0 fully saturated rings. The lowest BCUT2D eigenvalue weighted by atomic mass is 9.93. The van der Waals surface area contributed by atoms with E-state index in [1.165, 1.54) is 18.2 Å². The summed E-state index contributed by atoms with van der Waals surface area (Å²) in [5.41, 5.74) is 5.80. The summed E-state index contributed by atoms with van der Waals surface area (Å²) in [4.78, 5) is 14.0. The number of carbonyl (C=O) groups excluding carboxylic acids is 1. The van der Waals surface area contributed by atoms with Crippen LogP contribution in [0.2, 0.25) is 0 Å².